The molecule has 1 aromatic carbocycles. The van der Waals surface area contributed by atoms with Crippen molar-refractivity contribution in [2.24, 2.45) is 0 Å². The molecule has 1 N–H and O–H groups in total. The fourth-order valence-electron chi connectivity index (χ4n) is 5.48. The van der Waals surface area contributed by atoms with Gasteiger partial charge in [-0.25, -0.2) is 0 Å². The van der Waals surface area contributed by atoms with Crippen molar-refractivity contribution in [1.82, 2.24) is 9.88 Å². The summed E-state index contributed by atoms with van der Waals surface area (Å²) in [7, 11) is 0. The summed E-state index contributed by atoms with van der Waals surface area (Å²) in [5.41, 5.74) is 1.34. The maximum absolute atomic E-state index is 13.0. The van der Waals surface area contributed by atoms with Crippen molar-refractivity contribution >= 4 is 16.8 Å². The Labute approximate surface area is 214 Å². The van der Waals surface area contributed by atoms with Crippen LogP contribution in [0.2, 0.25) is 0 Å². The number of aromatic amines is 1. The van der Waals surface area contributed by atoms with E-state index in [0.717, 1.165) is 37.8 Å². The second-order valence-corrected chi connectivity index (χ2v) is 10.4. The number of nitrogens with one attached hydrogen (secondary N) is 1. The van der Waals surface area contributed by atoms with Gasteiger partial charge in [0.1, 0.15) is 0 Å². The third-order valence-corrected chi connectivity index (χ3v) is 7.55. The number of likely N-dealkylation sites (tertiary alicyclic amines) is 1. The number of H-pyrrole nitrogens is 1. The third kappa shape index (κ3) is 9.12. The number of carbonyl (C=O) groups excluding carboxylic acids is 1. The molecule has 2 heterocycles. The molecule has 190 valence electrons. The smallest absolute Gasteiger partial charge is 0.222 e. The highest BCUT2D eigenvalue weighted by molar-refractivity contribution is 5.83. The Balaban J connectivity index is 1.30. The summed E-state index contributed by atoms with van der Waals surface area (Å²) in [6, 6.07) is -0.324. The lowest BCUT2D eigenvalue weighted by Gasteiger charge is -2.25. The molecule has 1 amide bonds. The number of benzene rings is 1. The number of hydrogen-bond donors (Lipinski definition) is 1. The fourth-order valence-corrected chi connectivity index (χ4v) is 5.48. The quantitative estimate of drug-likeness (QED) is 0.217. The summed E-state index contributed by atoms with van der Waals surface area (Å²) < 4.78 is 32.4. The molecular formula is C31H50N2O. The molecule has 1 aliphatic rings. The molecule has 1 aliphatic heterocycles. The van der Waals surface area contributed by atoms with E-state index in [1.54, 1.807) is 6.20 Å². The molecule has 3 nitrogen and oxygen atoms in total. The van der Waals surface area contributed by atoms with E-state index in [1.165, 1.54) is 83.5 Å². The number of para-hydroxylation sites is 1. The molecular weight excluding hydrogens is 416 g/mol. The topological polar surface area (TPSA) is 36.1 Å². The molecule has 1 atom stereocenters. The van der Waals surface area contributed by atoms with Crippen LogP contribution in [0.4, 0.5) is 0 Å². The molecule has 0 saturated carbocycles. The number of amides is 1. The highest BCUT2D eigenvalue weighted by Gasteiger charge is 2.28. The van der Waals surface area contributed by atoms with Crippen LogP contribution in [0, 0.1) is 0 Å². The summed E-state index contributed by atoms with van der Waals surface area (Å²) in [5.74, 6) is 0.240. The normalized spacial score (nSPS) is 17.7. The van der Waals surface area contributed by atoms with E-state index in [0.29, 0.717) is 23.7 Å². The second-order valence-electron chi connectivity index (χ2n) is 10.4. The Kier molecular flexibility index (Phi) is 10.1. The molecule has 1 fully saturated rings. The van der Waals surface area contributed by atoms with Gasteiger partial charge in [-0.1, -0.05) is 115 Å². The first-order valence-corrected chi connectivity index (χ1v) is 14.3. The Morgan fingerprint density at radius 2 is 1.50 bits per heavy atom. The highest BCUT2D eigenvalue weighted by atomic mass is 16.2. The first kappa shape index (κ1) is 21.5. The van der Waals surface area contributed by atoms with Crippen molar-refractivity contribution in [1.29, 1.82) is 0 Å². The first-order valence-electron chi connectivity index (χ1n) is 16.3. The van der Waals surface area contributed by atoms with Gasteiger partial charge < -0.3 is 9.88 Å². The lowest BCUT2D eigenvalue weighted by Crippen LogP contribution is -2.36. The summed E-state index contributed by atoms with van der Waals surface area (Å²) in [4.78, 5) is 18.1. The monoisotopic (exact) mass is 470 g/mol. The summed E-state index contributed by atoms with van der Waals surface area (Å²) in [6.07, 6.45) is 24.8. The van der Waals surface area contributed by atoms with Gasteiger partial charge in [0.2, 0.25) is 5.91 Å². The van der Waals surface area contributed by atoms with Crippen molar-refractivity contribution in [3.05, 3.63) is 35.9 Å². The molecule has 3 rings (SSSR count). The predicted molar refractivity (Wildman–Crippen MR) is 146 cm³/mol. The SMILES string of the molecule is [2H]c1c([2H])c([2H])c2c(C[C@H]3CCCN3C(=O)CCCCCCCCCCCCCCCCC)c[nH]c2c1[2H]. The van der Waals surface area contributed by atoms with Gasteiger partial charge in [-0.2, -0.15) is 0 Å². The van der Waals surface area contributed by atoms with Gasteiger partial charge in [0.05, 0.1) is 5.48 Å². The van der Waals surface area contributed by atoms with Crippen molar-refractivity contribution in [2.75, 3.05) is 6.54 Å². The van der Waals surface area contributed by atoms with Crippen molar-refractivity contribution < 1.29 is 10.3 Å². The van der Waals surface area contributed by atoms with E-state index in [9.17, 15) is 4.79 Å². The second kappa shape index (κ2) is 16.0. The molecule has 34 heavy (non-hydrogen) atoms. The average molecular weight is 471 g/mol. The van der Waals surface area contributed by atoms with Crippen LogP contribution < -0.4 is 0 Å². The van der Waals surface area contributed by atoms with Crippen molar-refractivity contribution in [3.8, 4) is 0 Å². The standard InChI is InChI=1S/C31H50N2O/c1-2-3-4-5-6-7-8-9-10-11-12-13-14-15-16-23-31(34)33-24-19-20-28(33)25-27-26-32-30-22-18-17-21-29(27)30/h17-18,21-22,26,28,32H,2-16,19-20,23-25H2,1H3/t28-/m1/s1/i17D,18D,21D,22D. The van der Waals surface area contributed by atoms with Gasteiger partial charge >= 0.3 is 0 Å². The van der Waals surface area contributed by atoms with E-state index in [-0.39, 0.29) is 36.1 Å². The largest absolute Gasteiger partial charge is 0.361 e. The van der Waals surface area contributed by atoms with Crippen molar-refractivity contribution in [3.63, 3.8) is 0 Å². The number of unbranched alkanes of at least 4 members (excludes halogenated alkanes) is 14. The van der Waals surface area contributed by atoms with E-state index in [4.69, 9.17) is 5.48 Å². The summed E-state index contributed by atoms with van der Waals surface area (Å²) in [6.45, 7) is 3.07. The van der Waals surface area contributed by atoms with Crippen LogP contribution in [0.1, 0.15) is 134 Å². The van der Waals surface area contributed by atoms with Gasteiger partial charge in [0.25, 0.3) is 0 Å². The van der Waals surface area contributed by atoms with Crippen LogP contribution in [0.5, 0.6) is 0 Å². The molecule has 1 aromatic heterocycles. The zero-order valence-corrected chi connectivity index (χ0v) is 21.7. The van der Waals surface area contributed by atoms with E-state index >= 15 is 0 Å². The van der Waals surface area contributed by atoms with E-state index in [2.05, 4.69) is 11.9 Å². The minimum absolute atomic E-state index is 0.00549. The minimum atomic E-state index is -0.211. The Morgan fingerprint density at radius 1 is 0.912 bits per heavy atom. The minimum Gasteiger partial charge on any atom is -0.361 e. The van der Waals surface area contributed by atoms with Gasteiger partial charge in [0, 0.05) is 36.1 Å². The molecule has 1 saturated heterocycles. The van der Waals surface area contributed by atoms with Crippen LogP contribution in [0.25, 0.3) is 10.9 Å². The molecule has 0 bridgehead atoms. The highest BCUT2D eigenvalue weighted by Crippen LogP contribution is 2.26. The molecule has 2 aromatic rings. The number of rotatable bonds is 18. The maximum atomic E-state index is 13.0. The Hall–Kier alpha value is -1.77. The number of hydrogen-bond acceptors (Lipinski definition) is 1. The van der Waals surface area contributed by atoms with Crippen LogP contribution in [0.15, 0.2) is 30.4 Å². The van der Waals surface area contributed by atoms with Crippen LogP contribution in [-0.2, 0) is 11.2 Å². The average Bonchev–Trinajstić information content (AvgIpc) is 3.56. The molecule has 0 radical (unpaired) electrons. The molecule has 0 aliphatic carbocycles. The number of fused-ring (bicyclic) bond motifs is 1. The predicted octanol–water partition coefficient (Wildman–Crippen LogP) is 8.96. The van der Waals surface area contributed by atoms with E-state index in [1.807, 2.05) is 4.90 Å². The zero-order valence-electron chi connectivity index (χ0n) is 25.7. The Bertz CT molecular complexity index is 1010. The fraction of sp³-hybridized carbons (Fsp3) is 0.710. The van der Waals surface area contributed by atoms with Gasteiger partial charge in [-0.3, -0.25) is 4.79 Å². The number of carbonyl (C=O) groups is 1. The Morgan fingerprint density at radius 3 is 2.15 bits per heavy atom. The van der Waals surface area contributed by atoms with E-state index < -0.39 is 0 Å². The van der Waals surface area contributed by atoms with Gasteiger partial charge in [-0.15, -0.1) is 0 Å². The summed E-state index contributed by atoms with van der Waals surface area (Å²) >= 11 is 0. The summed E-state index contributed by atoms with van der Waals surface area (Å²) in [5, 5.41) is 0.567. The molecule has 0 unspecified atom stereocenters. The zero-order chi connectivity index (χ0) is 27.3. The van der Waals surface area contributed by atoms with Crippen LogP contribution in [0.3, 0.4) is 0 Å². The van der Waals surface area contributed by atoms with Crippen LogP contribution >= 0.6 is 0 Å². The van der Waals surface area contributed by atoms with Gasteiger partial charge in [0.15, 0.2) is 0 Å². The maximum Gasteiger partial charge on any atom is 0.222 e. The van der Waals surface area contributed by atoms with Gasteiger partial charge in [-0.05, 0) is 37.3 Å². The lowest BCUT2D eigenvalue weighted by atomic mass is 10.0. The number of aromatic nitrogens is 1. The third-order valence-electron chi connectivity index (χ3n) is 7.55. The lowest BCUT2D eigenvalue weighted by molar-refractivity contribution is -0.132. The molecule has 0 spiro atoms. The number of nitrogens with zero attached hydrogens (tertiary/aromatic N) is 1. The molecule has 3 heteroatoms. The first-order chi connectivity index (χ1) is 18.5. The van der Waals surface area contributed by atoms with Crippen LogP contribution in [-0.4, -0.2) is 28.4 Å². The van der Waals surface area contributed by atoms with Crippen molar-refractivity contribution in [2.45, 2.75) is 135 Å².